The molecular weight excluding hydrogens is 123 g/mol. The van der Waals surface area contributed by atoms with Gasteiger partial charge in [0.1, 0.15) is 0 Å². The summed E-state index contributed by atoms with van der Waals surface area (Å²) < 4.78 is 4.39. The highest BCUT2D eigenvalue weighted by atomic mass is 35.5. The molecule has 0 radical (unpaired) electrons. The monoisotopic (exact) mass is 126 g/mol. The second-order valence-corrected chi connectivity index (χ2v) is 1.21. The van der Waals surface area contributed by atoms with Crippen LogP contribution in [0.4, 0.5) is 0 Å². The normalized spacial score (nSPS) is 11.5. The number of ether oxygens (including phenoxy) is 1. The highest BCUT2D eigenvalue weighted by Crippen LogP contribution is 2.00. The summed E-state index contributed by atoms with van der Waals surface area (Å²) in [5, 5.41) is 0.205. The van der Waals surface area contributed by atoms with Crippen molar-refractivity contribution in [3.8, 4) is 0 Å². The summed E-state index contributed by atoms with van der Waals surface area (Å²) >= 11 is 10.2. The van der Waals surface area contributed by atoms with Crippen molar-refractivity contribution in [2.75, 3.05) is 7.11 Å². The van der Waals surface area contributed by atoms with Gasteiger partial charge in [0.25, 0.3) is 0 Å². The standard InChI is InChI=1S/C3H4Cl2O/c1-6-3(5)2-4/h2H,1H3/b3-2+. The van der Waals surface area contributed by atoms with Gasteiger partial charge in [-0.05, 0) is 11.6 Å². The molecular formula is C3H4Cl2O. The van der Waals surface area contributed by atoms with Gasteiger partial charge in [0.2, 0.25) is 0 Å². The van der Waals surface area contributed by atoms with Crippen LogP contribution >= 0.6 is 23.2 Å². The molecule has 0 rings (SSSR count). The molecule has 0 aromatic carbocycles. The predicted octanol–water partition coefficient (Wildman–Crippen LogP) is 1.91. The third-order valence-corrected chi connectivity index (χ3v) is 0.854. The summed E-state index contributed by atoms with van der Waals surface area (Å²) in [6, 6.07) is 0. The van der Waals surface area contributed by atoms with E-state index in [1.165, 1.54) is 7.11 Å². The minimum atomic E-state index is 0.205. The molecule has 1 nitrogen and oxygen atoms in total. The van der Waals surface area contributed by atoms with Crippen LogP contribution in [0, 0.1) is 0 Å². The Morgan fingerprint density at radius 1 is 1.83 bits per heavy atom. The third kappa shape index (κ3) is 2.36. The van der Waals surface area contributed by atoms with Gasteiger partial charge in [-0.15, -0.1) is 0 Å². The van der Waals surface area contributed by atoms with Gasteiger partial charge in [0, 0.05) is 0 Å². The number of rotatable bonds is 1. The molecule has 0 spiro atoms. The van der Waals surface area contributed by atoms with Crippen LogP contribution in [0.25, 0.3) is 0 Å². The summed E-state index contributed by atoms with van der Waals surface area (Å²) in [4.78, 5) is 0. The molecule has 0 saturated carbocycles. The smallest absolute Gasteiger partial charge is 0.198 e. The topological polar surface area (TPSA) is 9.23 Å². The van der Waals surface area contributed by atoms with Gasteiger partial charge >= 0.3 is 0 Å². The molecule has 0 heterocycles. The Balaban J connectivity index is 3.22. The maximum Gasteiger partial charge on any atom is 0.198 e. The number of hydrogen-bond donors (Lipinski definition) is 0. The first-order valence-corrected chi connectivity index (χ1v) is 2.12. The maximum atomic E-state index is 5.16. The zero-order valence-electron chi connectivity index (χ0n) is 3.24. The first-order valence-electron chi connectivity index (χ1n) is 1.31. The molecule has 0 atom stereocenters. The van der Waals surface area contributed by atoms with E-state index in [1.807, 2.05) is 0 Å². The molecule has 3 heteroatoms. The average molecular weight is 127 g/mol. The molecule has 0 aliphatic rings. The predicted molar refractivity (Wildman–Crippen MR) is 26.8 cm³/mol. The van der Waals surface area contributed by atoms with E-state index in [1.54, 1.807) is 0 Å². The molecule has 0 fully saturated rings. The van der Waals surface area contributed by atoms with E-state index in [0.717, 1.165) is 5.54 Å². The molecule has 0 aliphatic heterocycles. The Kier molecular flexibility index (Phi) is 3.38. The number of methoxy groups -OCH3 is 1. The van der Waals surface area contributed by atoms with Gasteiger partial charge < -0.3 is 4.74 Å². The van der Waals surface area contributed by atoms with E-state index >= 15 is 0 Å². The molecule has 0 aromatic rings. The molecule has 0 amide bonds. The zero-order chi connectivity index (χ0) is 4.99. The van der Waals surface area contributed by atoms with Crippen LogP contribution in [0.1, 0.15) is 0 Å². The average Bonchev–Trinajstić information content (AvgIpc) is 1.65. The van der Waals surface area contributed by atoms with Crippen LogP contribution in [0.2, 0.25) is 0 Å². The molecule has 0 unspecified atom stereocenters. The molecule has 36 valence electrons. The molecule has 0 saturated heterocycles. The van der Waals surface area contributed by atoms with Crippen LogP contribution < -0.4 is 0 Å². The van der Waals surface area contributed by atoms with Crippen molar-refractivity contribution in [1.82, 2.24) is 0 Å². The van der Waals surface area contributed by atoms with E-state index in [2.05, 4.69) is 4.74 Å². The summed E-state index contributed by atoms with van der Waals surface area (Å²) in [6.45, 7) is 0. The Labute approximate surface area is 46.5 Å². The highest BCUT2D eigenvalue weighted by Gasteiger charge is 1.78. The van der Waals surface area contributed by atoms with Gasteiger partial charge in [-0.1, -0.05) is 11.6 Å². The zero-order valence-corrected chi connectivity index (χ0v) is 4.75. The first kappa shape index (κ1) is 6.12. The van der Waals surface area contributed by atoms with Gasteiger partial charge in [0.15, 0.2) is 5.22 Å². The highest BCUT2D eigenvalue weighted by molar-refractivity contribution is 6.35. The lowest BCUT2D eigenvalue weighted by molar-refractivity contribution is 0.322. The maximum absolute atomic E-state index is 5.16. The summed E-state index contributed by atoms with van der Waals surface area (Å²) in [7, 11) is 1.45. The first-order chi connectivity index (χ1) is 2.81. The van der Waals surface area contributed by atoms with E-state index in [0.29, 0.717) is 0 Å². The van der Waals surface area contributed by atoms with Crippen LogP contribution in [-0.2, 0) is 4.74 Å². The fourth-order valence-corrected chi connectivity index (χ4v) is 0.134. The van der Waals surface area contributed by atoms with Crippen molar-refractivity contribution in [1.29, 1.82) is 0 Å². The van der Waals surface area contributed by atoms with Gasteiger partial charge in [-0.3, -0.25) is 0 Å². The van der Waals surface area contributed by atoms with E-state index in [9.17, 15) is 0 Å². The fraction of sp³-hybridized carbons (Fsp3) is 0.333. The SMILES string of the molecule is CO/C(Cl)=C/Cl. The summed E-state index contributed by atoms with van der Waals surface area (Å²) in [5.74, 6) is 0. The summed E-state index contributed by atoms with van der Waals surface area (Å²) in [5.41, 5.74) is 1.15. The minimum absolute atomic E-state index is 0.205. The quantitative estimate of drug-likeness (QED) is 0.488. The van der Waals surface area contributed by atoms with Crippen molar-refractivity contribution in [3.63, 3.8) is 0 Å². The van der Waals surface area contributed by atoms with Gasteiger partial charge in [-0.2, -0.15) is 0 Å². The van der Waals surface area contributed by atoms with Crippen LogP contribution in [-0.4, -0.2) is 7.11 Å². The largest absolute Gasteiger partial charge is 0.486 e. The number of hydrogen-bond acceptors (Lipinski definition) is 1. The van der Waals surface area contributed by atoms with Crippen LogP contribution in [0.5, 0.6) is 0 Å². The van der Waals surface area contributed by atoms with E-state index in [-0.39, 0.29) is 5.22 Å². The van der Waals surface area contributed by atoms with Gasteiger partial charge in [-0.25, -0.2) is 0 Å². The van der Waals surface area contributed by atoms with E-state index in [4.69, 9.17) is 23.2 Å². The van der Waals surface area contributed by atoms with Crippen LogP contribution in [0.3, 0.4) is 0 Å². The molecule has 0 N–H and O–H groups in total. The lowest BCUT2D eigenvalue weighted by Crippen LogP contribution is -1.68. The van der Waals surface area contributed by atoms with Crippen molar-refractivity contribution < 1.29 is 4.74 Å². The van der Waals surface area contributed by atoms with E-state index < -0.39 is 0 Å². The van der Waals surface area contributed by atoms with Crippen LogP contribution in [0.15, 0.2) is 10.8 Å². The minimum Gasteiger partial charge on any atom is -0.486 e. The van der Waals surface area contributed by atoms with Crippen molar-refractivity contribution in [2.45, 2.75) is 0 Å². The molecule has 0 aliphatic carbocycles. The van der Waals surface area contributed by atoms with Crippen molar-refractivity contribution in [3.05, 3.63) is 10.8 Å². The van der Waals surface area contributed by atoms with Crippen molar-refractivity contribution in [2.24, 2.45) is 0 Å². The Bertz CT molecular complexity index is 59.8. The fourth-order valence-electron chi connectivity index (χ4n) is 0.0445. The second kappa shape index (κ2) is 3.32. The van der Waals surface area contributed by atoms with Crippen molar-refractivity contribution >= 4 is 23.2 Å². The van der Waals surface area contributed by atoms with Gasteiger partial charge in [0.05, 0.1) is 12.6 Å². The second-order valence-electron chi connectivity index (χ2n) is 0.617. The Morgan fingerprint density at radius 3 is 2.33 bits per heavy atom. The molecule has 0 aromatic heterocycles. The Morgan fingerprint density at radius 2 is 2.33 bits per heavy atom. The summed E-state index contributed by atoms with van der Waals surface area (Å²) in [6.07, 6.45) is 0. The Hall–Kier alpha value is 0.120. The lowest BCUT2D eigenvalue weighted by atomic mass is 11.1. The third-order valence-electron chi connectivity index (χ3n) is 0.281. The number of halogens is 2. The lowest BCUT2D eigenvalue weighted by Gasteiger charge is -1.87. The molecule has 6 heavy (non-hydrogen) atoms. The molecule has 0 bridgehead atoms.